The predicted octanol–water partition coefficient (Wildman–Crippen LogP) is 2.30. The molecule has 5 aliphatic rings. The highest BCUT2D eigenvalue weighted by Crippen LogP contribution is 2.67. The molecule has 0 aromatic carbocycles. The van der Waals surface area contributed by atoms with Crippen molar-refractivity contribution in [3.63, 3.8) is 0 Å². The first-order chi connectivity index (χ1) is 8.75. The lowest BCUT2D eigenvalue weighted by molar-refractivity contribution is -0.129. The first-order valence-corrected chi connectivity index (χ1v) is 7.25. The highest BCUT2D eigenvalue weighted by atomic mass is 16.1. The van der Waals surface area contributed by atoms with E-state index in [2.05, 4.69) is 0 Å². The van der Waals surface area contributed by atoms with Crippen LogP contribution in [0.2, 0.25) is 0 Å². The standard InChI is InChI=1S/C16H16O2/c17-11-3-4-12(18)16-10-6-9(15(11)16)13-7-1-2-8(5-7)14(10)13/h3-4,7-10,15-16H,1-2,5-6H2/t7-,8-,9-,10-,15-,16-/m0/s1. The normalized spacial score (nSPS) is 51.3. The smallest absolute Gasteiger partial charge is 0.160 e. The summed E-state index contributed by atoms with van der Waals surface area (Å²) in [6.07, 6.45) is 8.18. The average Bonchev–Trinajstić information content (AvgIpc) is 3.07. The van der Waals surface area contributed by atoms with Crippen LogP contribution in [0.15, 0.2) is 23.3 Å². The number of allylic oxidation sites excluding steroid dienone is 4. The van der Waals surface area contributed by atoms with E-state index in [0.717, 1.165) is 18.3 Å². The number of rotatable bonds is 0. The molecule has 0 radical (unpaired) electrons. The van der Waals surface area contributed by atoms with Crippen molar-refractivity contribution in [1.29, 1.82) is 0 Å². The molecule has 5 rings (SSSR count). The van der Waals surface area contributed by atoms with Crippen molar-refractivity contribution in [1.82, 2.24) is 0 Å². The van der Waals surface area contributed by atoms with Crippen LogP contribution < -0.4 is 0 Å². The van der Waals surface area contributed by atoms with Crippen LogP contribution >= 0.6 is 0 Å². The molecule has 0 unspecified atom stereocenters. The summed E-state index contributed by atoms with van der Waals surface area (Å²) in [5.41, 5.74) is 3.29. The Hall–Kier alpha value is -1.18. The van der Waals surface area contributed by atoms with Crippen molar-refractivity contribution in [2.45, 2.75) is 25.7 Å². The van der Waals surface area contributed by atoms with Gasteiger partial charge in [-0.05, 0) is 61.5 Å². The van der Waals surface area contributed by atoms with Crippen molar-refractivity contribution in [2.75, 3.05) is 0 Å². The van der Waals surface area contributed by atoms with Gasteiger partial charge in [0.15, 0.2) is 11.6 Å². The Labute approximate surface area is 106 Å². The maximum Gasteiger partial charge on any atom is 0.160 e. The number of fused-ring (bicyclic) bond motifs is 11. The monoisotopic (exact) mass is 240 g/mol. The fraction of sp³-hybridized carbons (Fsp3) is 0.625. The third-order valence-electron chi connectivity index (χ3n) is 6.28. The highest BCUT2D eigenvalue weighted by molar-refractivity contribution is 6.08. The van der Waals surface area contributed by atoms with Crippen molar-refractivity contribution < 1.29 is 9.59 Å². The zero-order valence-corrected chi connectivity index (χ0v) is 10.3. The fourth-order valence-corrected chi connectivity index (χ4v) is 5.90. The molecule has 0 aromatic heterocycles. The van der Waals surface area contributed by atoms with E-state index in [9.17, 15) is 9.59 Å². The van der Waals surface area contributed by atoms with E-state index in [1.165, 1.54) is 31.4 Å². The Kier molecular flexibility index (Phi) is 1.55. The number of ketones is 2. The molecule has 6 atom stereocenters. The average molecular weight is 240 g/mol. The van der Waals surface area contributed by atoms with Gasteiger partial charge >= 0.3 is 0 Å². The zero-order chi connectivity index (χ0) is 12.0. The lowest BCUT2D eigenvalue weighted by atomic mass is 9.67. The Morgan fingerprint density at radius 2 is 1.28 bits per heavy atom. The Bertz CT molecular complexity index is 507. The van der Waals surface area contributed by atoms with E-state index in [4.69, 9.17) is 0 Å². The van der Waals surface area contributed by atoms with Crippen LogP contribution in [0.4, 0.5) is 0 Å². The molecular weight excluding hydrogens is 224 g/mol. The molecule has 0 aliphatic heterocycles. The van der Waals surface area contributed by atoms with Crippen LogP contribution in [0.25, 0.3) is 0 Å². The Balaban J connectivity index is 1.68. The minimum Gasteiger partial charge on any atom is -0.294 e. The second-order valence-electron chi connectivity index (χ2n) is 6.76. The van der Waals surface area contributed by atoms with Gasteiger partial charge in [0.25, 0.3) is 0 Å². The van der Waals surface area contributed by atoms with E-state index in [-0.39, 0.29) is 23.4 Å². The summed E-state index contributed by atoms with van der Waals surface area (Å²) in [5, 5.41) is 0. The molecule has 18 heavy (non-hydrogen) atoms. The third kappa shape index (κ3) is 0.877. The molecule has 0 N–H and O–H groups in total. The summed E-state index contributed by atoms with van der Waals surface area (Å²) in [7, 11) is 0. The zero-order valence-electron chi connectivity index (χ0n) is 10.3. The summed E-state index contributed by atoms with van der Waals surface area (Å²) in [6.45, 7) is 0. The Morgan fingerprint density at radius 1 is 0.778 bits per heavy atom. The summed E-state index contributed by atoms with van der Waals surface area (Å²) in [4.78, 5) is 24.3. The first-order valence-electron chi connectivity index (χ1n) is 7.25. The first kappa shape index (κ1) is 9.71. The van der Waals surface area contributed by atoms with Gasteiger partial charge in [-0.3, -0.25) is 9.59 Å². The molecule has 4 bridgehead atoms. The maximum atomic E-state index is 12.1. The minimum atomic E-state index is 0.0191. The second kappa shape index (κ2) is 2.87. The molecule has 92 valence electrons. The molecular formula is C16H16O2. The number of hydrogen-bond acceptors (Lipinski definition) is 2. The molecule has 0 spiro atoms. The fourth-order valence-electron chi connectivity index (χ4n) is 5.90. The van der Waals surface area contributed by atoms with Crippen molar-refractivity contribution in [2.24, 2.45) is 35.5 Å². The highest BCUT2D eigenvalue weighted by Gasteiger charge is 2.62. The van der Waals surface area contributed by atoms with Crippen molar-refractivity contribution in [3.05, 3.63) is 23.3 Å². The van der Waals surface area contributed by atoms with Crippen LogP contribution in [0.1, 0.15) is 25.7 Å². The van der Waals surface area contributed by atoms with Crippen LogP contribution in [0.3, 0.4) is 0 Å². The van der Waals surface area contributed by atoms with Gasteiger partial charge in [-0.25, -0.2) is 0 Å². The van der Waals surface area contributed by atoms with Gasteiger partial charge in [-0.1, -0.05) is 11.1 Å². The molecule has 0 heterocycles. The van der Waals surface area contributed by atoms with E-state index >= 15 is 0 Å². The maximum absolute atomic E-state index is 12.1. The van der Waals surface area contributed by atoms with E-state index in [1.807, 2.05) is 0 Å². The van der Waals surface area contributed by atoms with Gasteiger partial charge in [-0.2, -0.15) is 0 Å². The predicted molar refractivity (Wildman–Crippen MR) is 65.6 cm³/mol. The van der Waals surface area contributed by atoms with Gasteiger partial charge in [0.1, 0.15) is 0 Å². The molecule has 5 aliphatic carbocycles. The van der Waals surface area contributed by atoms with Crippen molar-refractivity contribution in [3.8, 4) is 0 Å². The molecule has 0 saturated heterocycles. The number of hydrogen-bond donors (Lipinski definition) is 0. The Morgan fingerprint density at radius 3 is 1.78 bits per heavy atom. The van der Waals surface area contributed by atoms with Gasteiger partial charge < -0.3 is 0 Å². The minimum absolute atomic E-state index is 0.0191. The molecule has 0 amide bonds. The molecule has 0 aromatic rings. The molecule has 2 fully saturated rings. The van der Waals surface area contributed by atoms with Crippen LogP contribution in [-0.4, -0.2) is 11.6 Å². The van der Waals surface area contributed by atoms with Crippen LogP contribution in [0, 0.1) is 35.5 Å². The summed E-state index contributed by atoms with van der Waals surface area (Å²) in [5.74, 6) is 2.90. The summed E-state index contributed by atoms with van der Waals surface area (Å²) < 4.78 is 0. The van der Waals surface area contributed by atoms with Gasteiger partial charge in [0, 0.05) is 11.8 Å². The molecule has 2 nitrogen and oxygen atoms in total. The summed E-state index contributed by atoms with van der Waals surface area (Å²) >= 11 is 0. The van der Waals surface area contributed by atoms with E-state index < -0.39 is 0 Å². The van der Waals surface area contributed by atoms with Crippen LogP contribution in [-0.2, 0) is 9.59 Å². The molecule has 2 saturated carbocycles. The van der Waals surface area contributed by atoms with E-state index in [1.54, 1.807) is 11.1 Å². The lowest BCUT2D eigenvalue weighted by Crippen LogP contribution is -2.38. The topological polar surface area (TPSA) is 34.1 Å². The summed E-state index contributed by atoms with van der Waals surface area (Å²) in [6, 6.07) is 0. The quantitative estimate of drug-likeness (QED) is 0.481. The number of carbonyl (C=O) groups excluding carboxylic acids is 2. The second-order valence-corrected chi connectivity index (χ2v) is 6.76. The van der Waals surface area contributed by atoms with Gasteiger partial charge in [-0.15, -0.1) is 0 Å². The largest absolute Gasteiger partial charge is 0.294 e. The third-order valence-corrected chi connectivity index (χ3v) is 6.28. The lowest BCUT2D eigenvalue weighted by Gasteiger charge is -2.35. The SMILES string of the molecule is O=C1C=CC(=O)[C@H]2[C@H]1[C@H]1C[C@H]2C2=C1[C@H]1CC[C@H]2C1. The van der Waals surface area contributed by atoms with E-state index in [0.29, 0.717) is 11.8 Å². The van der Waals surface area contributed by atoms with Crippen LogP contribution in [0.5, 0.6) is 0 Å². The van der Waals surface area contributed by atoms with Crippen molar-refractivity contribution >= 4 is 11.6 Å². The van der Waals surface area contributed by atoms with Gasteiger partial charge in [0.2, 0.25) is 0 Å². The number of carbonyl (C=O) groups is 2. The van der Waals surface area contributed by atoms with Gasteiger partial charge in [0.05, 0.1) is 0 Å². The molecule has 2 heteroatoms.